The van der Waals surface area contributed by atoms with E-state index < -0.39 is 16.4 Å². The molecule has 2 aromatic rings. The molecule has 24 heavy (non-hydrogen) atoms. The molecule has 0 unspecified atom stereocenters. The number of aromatic nitrogens is 1. The Kier molecular flexibility index (Phi) is 4.68. The molecular formula is C16H18N2O5S. The van der Waals surface area contributed by atoms with Crippen molar-refractivity contribution in [3.8, 4) is 0 Å². The highest BCUT2D eigenvalue weighted by Gasteiger charge is 2.33. The Morgan fingerprint density at radius 3 is 2.58 bits per heavy atom. The molecule has 1 saturated carbocycles. The molecule has 0 radical (unpaired) electrons. The van der Waals surface area contributed by atoms with Gasteiger partial charge < -0.3 is 4.74 Å². The second-order valence-electron chi connectivity index (χ2n) is 5.74. The number of nitrogens with zero attached hydrogens (tertiary/aromatic N) is 2. The number of hydrogen-bond donors (Lipinski definition) is 1. The first-order valence-corrected chi connectivity index (χ1v) is 9.18. The van der Waals surface area contributed by atoms with Crippen molar-refractivity contribution < 1.29 is 22.5 Å². The fourth-order valence-electron chi connectivity index (χ4n) is 2.94. The number of pyridine rings is 1. The third-order valence-electron chi connectivity index (χ3n) is 4.05. The average Bonchev–Trinajstić information content (AvgIpc) is 2.55. The van der Waals surface area contributed by atoms with Crippen LogP contribution in [-0.4, -0.2) is 30.2 Å². The highest BCUT2D eigenvalue weighted by molar-refractivity contribution is 7.88. The van der Waals surface area contributed by atoms with Gasteiger partial charge in [0.2, 0.25) is 0 Å². The number of carbonyl (C=O) groups excluding carboxylic acids is 1. The van der Waals surface area contributed by atoms with E-state index in [1.54, 1.807) is 24.3 Å². The van der Waals surface area contributed by atoms with E-state index >= 15 is 0 Å². The van der Waals surface area contributed by atoms with E-state index in [9.17, 15) is 17.8 Å². The molecule has 1 aromatic carbocycles. The lowest BCUT2D eigenvalue weighted by atomic mass is 9.98. The zero-order chi connectivity index (χ0) is 17.2. The van der Waals surface area contributed by atoms with Crippen LogP contribution < -0.4 is 4.31 Å². The minimum absolute atomic E-state index is 0.0311. The Hall–Kier alpha value is -2.19. The minimum atomic E-state index is -4.84. The van der Waals surface area contributed by atoms with Gasteiger partial charge in [-0.2, -0.15) is 8.42 Å². The first kappa shape index (κ1) is 16.7. The second kappa shape index (κ2) is 6.74. The maximum absolute atomic E-state index is 12.4. The number of ether oxygens (including phenoxy) is 1. The number of fused-ring (bicyclic) bond motifs is 1. The molecule has 1 N–H and O–H groups in total. The number of amides is 1. The summed E-state index contributed by atoms with van der Waals surface area (Å²) < 4.78 is 38.8. The Balaban J connectivity index is 1.98. The van der Waals surface area contributed by atoms with E-state index in [2.05, 4.69) is 4.98 Å². The van der Waals surface area contributed by atoms with Gasteiger partial charge in [0.05, 0.1) is 11.2 Å². The fraction of sp³-hybridized carbons (Fsp3) is 0.375. The molecular weight excluding hydrogens is 332 g/mol. The van der Waals surface area contributed by atoms with Crippen molar-refractivity contribution in [1.29, 1.82) is 0 Å². The number of anilines is 1. The van der Waals surface area contributed by atoms with Gasteiger partial charge in [-0.25, -0.2) is 4.79 Å². The average molecular weight is 350 g/mol. The van der Waals surface area contributed by atoms with Gasteiger partial charge in [-0.3, -0.25) is 9.54 Å². The zero-order valence-corrected chi connectivity index (χ0v) is 13.8. The van der Waals surface area contributed by atoms with E-state index in [-0.39, 0.29) is 16.1 Å². The van der Waals surface area contributed by atoms with Crippen molar-refractivity contribution in [2.45, 2.75) is 38.2 Å². The van der Waals surface area contributed by atoms with Gasteiger partial charge >= 0.3 is 16.4 Å². The van der Waals surface area contributed by atoms with Crippen LogP contribution >= 0.6 is 0 Å². The second-order valence-corrected chi connectivity index (χ2v) is 7.00. The maximum atomic E-state index is 12.4. The number of rotatable bonds is 3. The van der Waals surface area contributed by atoms with Crippen LogP contribution in [0.25, 0.3) is 10.9 Å². The highest BCUT2D eigenvalue weighted by atomic mass is 32.2. The summed E-state index contributed by atoms with van der Waals surface area (Å²) in [5.41, 5.74) is 0.259. The van der Waals surface area contributed by atoms with Crippen molar-refractivity contribution in [3.63, 3.8) is 0 Å². The Morgan fingerprint density at radius 2 is 1.88 bits per heavy atom. The van der Waals surface area contributed by atoms with Crippen LogP contribution in [0.15, 0.2) is 36.5 Å². The summed E-state index contributed by atoms with van der Waals surface area (Å²) in [7, 11) is -4.84. The minimum Gasteiger partial charge on any atom is -0.445 e. The van der Waals surface area contributed by atoms with Crippen molar-refractivity contribution in [1.82, 2.24) is 4.98 Å². The standard InChI is InChI=1S/C16H18N2O5S/c19-16(23-13-8-2-1-3-9-13)18(24(20,21)22)14-10-4-6-12-7-5-11-17-15(12)14/h4-7,10-11,13H,1-3,8-9H2,(H,20,21,22). The van der Waals surface area contributed by atoms with Gasteiger partial charge in [-0.05, 0) is 37.8 Å². The van der Waals surface area contributed by atoms with E-state index in [1.165, 1.54) is 12.3 Å². The van der Waals surface area contributed by atoms with Gasteiger partial charge in [0.1, 0.15) is 6.10 Å². The summed E-state index contributed by atoms with van der Waals surface area (Å²) >= 11 is 0. The monoisotopic (exact) mass is 350 g/mol. The Morgan fingerprint density at radius 1 is 1.17 bits per heavy atom. The molecule has 1 amide bonds. The van der Waals surface area contributed by atoms with E-state index in [0.29, 0.717) is 23.7 Å². The lowest BCUT2D eigenvalue weighted by Crippen LogP contribution is -2.39. The summed E-state index contributed by atoms with van der Waals surface area (Å²) in [4.78, 5) is 16.6. The predicted octanol–water partition coefficient (Wildman–Crippen LogP) is 3.31. The van der Waals surface area contributed by atoms with Crippen molar-refractivity contribution in [3.05, 3.63) is 36.5 Å². The van der Waals surface area contributed by atoms with Crippen molar-refractivity contribution in [2.24, 2.45) is 0 Å². The van der Waals surface area contributed by atoms with Gasteiger partial charge in [0, 0.05) is 11.6 Å². The van der Waals surface area contributed by atoms with E-state index in [1.807, 2.05) is 0 Å². The van der Waals surface area contributed by atoms with Crippen LogP contribution in [0.5, 0.6) is 0 Å². The maximum Gasteiger partial charge on any atom is 0.430 e. The van der Waals surface area contributed by atoms with Crippen LogP contribution in [0.2, 0.25) is 0 Å². The Bertz CT molecular complexity index is 841. The summed E-state index contributed by atoms with van der Waals surface area (Å²) in [6.07, 6.45) is 4.36. The number of carbonyl (C=O) groups is 1. The van der Waals surface area contributed by atoms with Gasteiger partial charge in [-0.1, -0.05) is 24.6 Å². The molecule has 0 bridgehead atoms. The lowest BCUT2D eigenvalue weighted by Gasteiger charge is -2.25. The van der Waals surface area contributed by atoms with Crippen molar-refractivity contribution in [2.75, 3.05) is 4.31 Å². The van der Waals surface area contributed by atoms with Crippen LogP contribution in [-0.2, 0) is 15.0 Å². The van der Waals surface area contributed by atoms with E-state index in [0.717, 1.165) is 19.3 Å². The molecule has 0 spiro atoms. The van der Waals surface area contributed by atoms with Crippen molar-refractivity contribution >= 4 is 33.0 Å². The van der Waals surface area contributed by atoms with E-state index in [4.69, 9.17) is 4.74 Å². The molecule has 0 aliphatic heterocycles. The molecule has 128 valence electrons. The van der Waals surface area contributed by atoms with Gasteiger partial charge in [0.15, 0.2) is 0 Å². The molecule has 1 aliphatic rings. The first-order valence-electron chi connectivity index (χ1n) is 7.79. The van der Waals surface area contributed by atoms with Crippen LogP contribution in [0.4, 0.5) is 10.5 Å². The largest absolute Gasteiger partial charge is 0.445 e. The Labute approximate surface area is 140 Å². The molecule has 3 rings (SSSR count). The summed E-state index contributed by atoms with van der Waals surface area (Å²) in [6, 6.07) is 8.17. The molecule has 0 atom stereocenters. The molecule has 8 heteroatoms. The smallest absolute Gasteiger partial charge is 0.430 e. The highest BCUT2D eigenvalue weighted by Crippen LogP contribution is 2.28. The number of hydrogen-bond acceptors (Lipinski definition) is 5. The van der Waals surface area contributed by atoms with Gasteiger partial charge in [-0.15, -0.1) is 4.31 Å². The molecule has 7 nitrogen and oxygen atoms in total. The summed E-state index contributed by atoms with van der Waals surface area (Å²) in [5, 5.41) is 0.647. The third-order valence-corrected chi connectivity index (χ3v) is 4.85. The van der Waals surface area contributed by atoms with Gasteiger partial charge in [0.25, 0.3) is 0 Å². The van der Waals surface area contributed by atoms with Crippen LogP contribution in [0.3, 0.4) is 0 Å². The molecule has 0 saturated heterocycles. The van der Waals surface area contributed by atoms with Crippen LogP contribution in [0.1, 0.15) is 32.1 Å². The third kappa shape index (κ3) is 3.49. The number of para-hydroxylation sites is 1. The zero-order valence-electron chi connectivity index (χ0n) is 13.0. The molecule has 1 aliphatic carbocycles. The topological polar surface area (TPSA) is 96.8 Å². The fourth-order valence-corrected chi connectivity index (χ4v) is 3.57. The molecule has 1 heterocycles. The first-order chi connectivity index (χ1) is 11.5. The normalized spacial score (nSPS) is 16.0. The lowest BCUT2D eigenvalue weighted by molar-refractivity contribution is 0.0835. The summed E-state index contributed by atoms with van der Waals surface area (Å²) in [6.45, 7) is 0. The summed E-state index contributed by atoms with van der Waals surface area (Å²) in [5.74, 6) is 0. The molecule has 1 fully saturated rings. The number of benzene rings is 1. The van der Waals surface area contributed by atoms with Crippen LogP contribution in [0, 0.1) is 0 Å². The SMILES string of the molecule is O=C(OC1CCCCC1)N(c1cccc2cccnc12)S(=O)(=O)O. The predicted molar refractivity (Wildman–Crippen MR) is 89.1 cm³/mol. The molecule has 1 aromatic heterocycles. The quantitative estimate of drug-likeness (QED) is 0.853.